The number of carbonyl (C=O) groups excluding carboxylic acids is 2. The Morgan fingerprint density at radius 2 is 1.85 bits per heavy atom. The van der Waals surface area contributed by atoms with Crippen molar-refractivity contribution < 1.29 is 24.2 Å². The standard InChI is InChI=1S/C34H31Cl2N5O5S2/c1-5-14-46-24-12-10-20(15-25(24)45-6-2)28-26(29(42)27-19(4)40-13-7-8-18(3)31(40)37-27)30(43)32(44)41(28)33-38-39-34(48-33)47-17-21-9-11-22(35)16-23(21)36/h7-13,15-16,28,42H,5-6,14,17H2,1-4H3. The summed E-state index contributed by atoms with van der Waals surface area (Å²) < 4.78 is 14.2. The first-order valence-corrected chi connectivity index (χ1v) is 17.7. The molecule has 1 atom stereocenters. The normalized spacial score (nSPS) is 15.9. The van der Waals surface area contributed by atoms with Crippen LogP contribution in [-0.4, -0.2) is 49.6 Å². The number of amides is 1. The van der Waals surface area contributed by atoms with Crippen LogP contribution < -0.4 is 14.4 Å². The summed E-state index contributed by atoms with van der Waals surface area (Å²) >= 11 is 15.0. The molecule has 3 aromatic heterocycles. The van der Waals surface area contributed by atoms with Gasteiger partial charge in [0.05, 0.1) is 30.5 Å². The molecule has 48 heavy (non-hydrogen) atoms. The van der Waals surface area contributed by atoms with Gasteiger partial charge in [0.1, 0.15) is 11.3 Å². The van der Waals surface area contributed by atoms with Gasteiger partial charge in [-0.3, -0.25) is 14.5 Å². The van der Waals surface area contributed by atoms with Crippen LogP contribution in [0.4, 0.5) is 5.13 Å². The Balaban J connectivity index is 1.46. The number of hydrogen-bond acceptors (Lipinski definition) is 10. The second-order valence-corrected chi connectivity index (χ2v) is 14.0. The number of carbonyl (C=O) groups is 2. The number of benzene rings is 2. The number of Topliss-reactive ketones (excluding diaryl/α,β-unsaturated/α-hetero) is 1. The molecule has 1 fully saturated rings. The molecule has 0 aliphatic carbocycles. The number of aromatic nitrogens is 4. The fourth-order valence-corrected chi connectivity index (χ4v) is 7.88. The zero-order valence-electron chi connectivity index (χ0n) is 26.5. The van der Waals surface area contributed by atoms with Gasteiger partial charge in [-0.15, -0.1) is 10.2 Å². The number of ether oxygens (including phenoxy) is 2. The first-order chi connectivity index (χ1) is 23.1. The van der Waals surface area contributed by atoms with Gasteiger partial charge in [-0.05, 0) is 74.2 Å². The molecule has 0 saturated carbocycles. The summed E-state index contributed by atoms with van der Waals surface area (Å²) in [7, 11) is 0. The Morgan fingerprint density at radius 1 is 1.04 bits per heavy atom. The molecular formula is C34H31Cl2N5O5S2. The third kappa shape index (κ3) is 6.37. The average molecular weight is 725 g/mol. The van der Waals surface area contributed by atoms with Gasteiger partial charge in [0.25, 0.3) is 5.78 Å². The Morgan fingerprint density at radius 3 is 2.58 bits per heavy atom. The van der Waals surface area contributed by atoms with E-state index in [0.29, 0.717) is 61.8 Å². The number of pyridine rings is 1. The molecule has 1 aliphatic heterocycles. The summed E-state index contributed by atoms with van der Waals surface area (Å²) in [4.78, 5) is 33.8. The van der Waals surface area contributed by atoms with E-state index in [4.69, 9.17) is 32.7 Å². The molecule has 0 radical (unpaired) electrons. The minimum atomic E-state index is -1.06. The largest absolute Gasteiger partial charge is 0.505 e. The van der Waals surface area contributed by atoms with E-state index in [1.165, 1.54) is 16.7 Å². The molecule has 1 N–H and O–H groups in total. The SMILES string of the molecule is CCCOc1ccc(C2C(=C(O)c3nc4c(C)cccn4c3C)C(=O)C(=O)N2c2nnc(SCc3ccc(Cl)cc3Cl)s2)cc1OCC. The number of rotatable bonds is 11. The summed E-state index contributed by atoms with van der Waals surface area (Å²) in [5, 5.41) is 21.8. The highest BCUT2D eigenvalue weighted by Gasteiger charge is 2.49. The average Bonchev–Trinajstić information content (AvgIpc) is 3.75. The smallest absolute Gasteiger partial charge is 0.301 e. The molecule has 1 unspecified atom stereocenters. The van der Waals surface area contributed by atoms with Gasteiger partial charge < -0.3 is 19.0 Å². The highest BCUT2D eigenvalue weighted by atomic mass is 35.5. The lowest BCUT2D eigenvalue weighted by molar-refractivity contribution is -0.132. The van der Waals surface area contributed by atoms with E-state index in [9.17, 15) is 14.7 Å². The maximum Gasteiger partial charge on any atom is 0.301 e. The molecular weight excluding hydrogens is 693 g/mol. The van der Waals surface area contributed by atoms with Crippen LogP contribution in [0.1, 0.15) is 54.4 Å². The number of anilines is 1. The molecule has 6 rings (SSSR count). The topological polar surface area (TPSA) is 119 Å². The number of aliphatic hydroxyl groups is 1. The Kier molecular flexibility index (Phi) is 9.98. The van der Waals surface area contributed by atoms with Gasteiger partial charge in [-0.1, -0.05) is 71.4 Å². The predicted octanol–water partition coefficient (Wildman–Crippen LogP) is 8.22. The van der Waals surface area contributed by atoms with Crippen molar-refractivity contribution in [2.45, 2.75) is 50.3 Å². The number of hydrogen-bond donors (Lipinski definition) is 1. The Bertz CT molecular complexity index is 2080. The third-order valence-corrected chi connectivity index (χ3v) is 10.5. The lowest BCUT2D eigenvalue weighted by Crippen LogP contribution is -2.29. The van der Waals surface area contributed by atoms with Gasteiger partial charge in [0.15, 0.2) is 21.6 Å². The van der Waals surface area contributed by atoms with Gasteiger partial charge in [-0.25, -0.2) is 4.98 Å². The van der Waals surface area contributed by atoms with Crippen LogP contribution in [-0.2, 0) is 15.3 Å². The van der Waals surface area contributed by atoms with E-state index in [2.05, 4.69) is 15.2 Å². The fraction of sp³-hybridized carbons (Fsp3) is 0.265. The molecule has 4 heterocycles. The molecule has 5 aromatic rings. The van der Waals surface area contributed by atoms with Crippen molar-refractivity contribution >= 4 is 74.5 Å². The van der Waals surface area contributed by atoms with Crippen LogP contribution in [0.15, 0.2) is 64.6 Å². The van der Waals surface area contributed by atoms with E-state index in [-0.39, 0.29) is 22.2 Å². The van der Waals surface area contributed by atoms with E-state index >= 15 is 0 Å². The van der Waals surface area contributed by atoms with Crippen molar-refractivity contribution in [3.8, 4) is 11.5 Å². The maximum absolute atomic E-state index is 13.9. The van der Waals surface area contributed by atoms with Crippen LogP contribution in [0.5, 0.6) is 11.5 Å². The Hall–Kier alpha value is -4.10. The van der Waals surface area contributed by atoms with Gasteiger partial charge in [0, 0.05) is 22.0 Å². The van der Waals surface area contributed by atoms with Crippen molar-refractivity contribution in [2.75, 3.05) is 18.1 Å². The maximum atomic E-state index is 13.9. The van der Waals surface area contributed by atoms with E-state index in [1.54, 1.807) is 37.3 Å². The minimum Gasteiger partial charge on any atom is -0.505 e. The summed E-state index contributed by atoms with van der Waals surface area (Å²) in [5.41, 5.74) is 3.59. The lowest BCUT2D eigenvalue weighted by atomic mass is 9.96. The number of thioether (sulfide) groups is 1. The number of imidazole rings is 1. The zero-order chi connectivity index (χ0) is 34.1. The number of aryl methyl sites for hydroxylation is 2. The van der Waals surface area contributed by atoms with Crippen molar-refractivity contribution in [3.05, 3.63) is 98.4 Å². The first kappa shape index (κ1) is 33.8. The summed E-state index contributed by atoms with van der Waals surface area (Å²) in [6.07, 6.45) is 2.63. The molecule has 1 aliphatic rings. The van der Waals surface area contributed by atoms with E-state index < -0.39 is 17.7 Å². The predicted molar refractivity (Wildman–Crippen MR) is 189 cm³/mol. The molecule has 14 heteroatoms. The monoisotopic (exact) mass is 723 g/mol. The molecule has 10 nitrogen and oxygen atoms in total. The number of nitrogens with zero attached hydrogens (tertiary/aromatic N) is 5. The minimum absolute atomic E-state index is 0.119. The highest BCUT2D eigenvalue weighted by molar-refractivity contribution is 8.00. The van der Waals surface area contributed by atoms with Gasteiger partial charge >= 0.3 is 5.91 Å². The van der Waals surface area contributed by atoms with Crippen molar-refractivity contribution in [1.82, 2.24) is 19.6 Å². The van der Waals surface area contributed by atoms with Gasteiger partial charge in [-0.2, -0.15) is 0 Å². The molecule has 0 bridgehead atoms. The zero-order valence-corrected chi connectivity index (χ0v) is 29.6. The lowest BCUT2D eigenvalue weighted by Gasteiger charge is -2.23. The van der Waals surface area contributed by atoms with Crippen molar-refractivity contribution in [2.24, 2.45) is 0 Å². The van der Waals surface area contributed by atoms with Gasteiger partial charge in [0.2, 0.25) is 5.13 Å². The summed E-state index contributed by atoms with van der Waals surface area (Å²) in [5.74, 6) is -0.647. The Labute approximate surface area is 295 Å². The second kappa shape index (κ2) is 14.2. The van der Waals surface area contributed by atoms with Crippen LogP contribution in [0, 0.1) is 13.8 Å². The summed E-state index contributed by atoms with van der Waals surface area (Å²) in [6.45, 7) is 8.41. The van der Waals surface area contributed by atoms with Crippen LogP contribution in [0.25, 0.3) is 11.4 Å². The number of fused-ring (bicyclic) bond motifs is 1. The van der Waals surface area contributed by atoms with Crippen molar-refractivity contribution in [1.29, 1.82) is 0 Å². The molecule has 1 amide bonds. The third-order valence-electron chi connectivity index (χ3n) is 7.77. The molecule has 2 aromatic carbocycles. The second-order valence-electron chi connectivity index (χ2n) is 11.0. The first-order valence-electron chi connectivity index (χ1n) is 15.2. The van der Waals surface area contributed by atoms with Crippen LogP contribution in [0.3, 0.4) is 0 Å². The highest BCUT2D eigenvalue weighted by Crippen LogP contribution is 2.46. The molecule has 1 saturated heterocycles. The number of aliphatic hydroxyl groups excluding tert-OH is 1. The van der Waals surface area contributed by atoms with E-state index in [0.717, 1.165) is 28.9 Å². The van der Waals surface area contributed by atoms with Crippen molar-refractivity contribution in [3.63, 3.8) is 0 Å². The van der Waals surface area contributed by atoms with Crippen LogP contribution in [0.2, 0.25) is 10.0 Å². The van der Waals surface area contributed by atoms with E-state index in [1.807, 2.05) is 49.6 Å². The summed E-state index contributed by atoms with van der Waals surface area (Å²) in [6, 6.07) is 13.2. The van der Waals surface area contributed by atoms with Crippen LogP contribution >= 0.6 is 46.3 Å². The molecule has 0 spiro atoms. The molecule has 248 valence electrons. The fourth-order valence-electron chi connectivity index (χ4n) is 5.45. The number of ketones is 1. The quantitative estimate of drug-likeness (QED) is 0.0473. The number of halogens is 2.